The lowest BCUT2D eigenvalue weighted by molar-refractivity contribution is -0.108. The van der Waals surface area contributed by atoms with Crippen molar-refractivity contribution in [3.8, 4) is 0 Å². The standard InChI is InChI=1S/C10H12O2S/c1-7(5-11)9-2-8(6-12)3-10(13)4-9/h2-5,7,12-13H,6H2,1H3. The zero-order valence-electron chi connectivity index (χ0n) is 7.40. The Bertz CT molecular complexity index is 310. The Balaban J connectivity index is 3.07. The van der Waals surface area contributed by atoms with Crippen LogP contribution in [0.25, 0.3) is 0 Å². The predicted octanol–water partition coefficient (Wildman–Crippen LogP) is 1.77. The number of aliphatic hydroxyl groups excluding tert-OH is 1. The second-order valence-electron chi connectivity index (χ2n) is 3.02. The molecular weight excluding hydrogens is 184 g/mol. The molecule has 0 bridgehead atoms. The second-order valence-corrected chi connectivity index (χ2v) is 3.53. The molecule has 1 N–H and O–H groups in total. The molecule has 0 radical (unpaired) electrons. The SMILES string of the molecule is CC(C=O)c1cc(S)cc(CO)c1. The Morgan fingerprint density at radius 3 is 2.77 bits per heavy atom. The number of aldehydes is 1. The van der Waals surface area contributed by atoms with Gasteiger partial charge in [0.1, 0.15) is 6.29 Å². The quantitative estimate of drug-likeness (QED) is 0.571. The molecule has 1 aromatic rings. The van der Waals surface area contributed by atoms with E-state index in [9.17, 15) is 4.79 Å². The van der Waals surface area contributed by atoms with Gasteiger partial charge in [-0.2, -0.15) is 0 Å². The molecule has 0 saturated carbocycles. The fraction of sp³-hybridized carbons (Fsp3) is 0.300. The largest absolute Gasteiger partial charge is 0.392 e. The van der Waals surface area contributed by atoms with E-state index in [4.69, 9.17) is 5.11 Å². The van der Waals surface area contributed by atoms with Crippen LogP contribution in [-0.2, 0) is 11.4 Å². The fourth-order valence-electron chi connectivity index (χ4n) is 1.13. The third-order valence-corrected chi connectivity index (χ3v) is 2.17. The van der Waals surface area contributed by atoms with E-state index in [-0.39, 0.29) is 12.5 Å². The molecule has 13 heavy (non-hydrogen) atoms. The maximum absolute atomic E-state index is 10.5. The Kier molecular flexibility index (Phi) is 3.51. The van der Waals surface area contributed by atoms with Gasteiger partial charge in [0.2, 0.25) is 0 Å². The summed E-state index contributed by atoms with van der Waals surface area (Å²) in [5.74, 6) is -0.141. The van der Waals surface area contributed by atoms with Crippen LogP contribution in [0.5, 0.6) is 0 Å². The van der Waals surface area contributed by atoms with Crippen molar-refractivity contribution in [1.29, 1.82) is 0 Å². The van der Waals surface area contributed by atoms with Crippen molar-refractivity contribution in [3.05, 3.63) is 29.3 Å². The zero-order chi connectivity index (χ0) is 9.84. The van der Waals surface area contributed by atoms with Crippen LogP contribution in [-0.4, -0.2) is 11.4 Å². The van der Waals surface area contributed by atoms with Crippen molar-refractivity contribution < 1.29 is 9.90 Å². The van der Waals surface area contributed by atoms with Gasteiger partial charge in [-0.15, -0.1) is 12.6 Å². The van der Waals surface area contributed by atoms with E-state index in [1.54, 1.807) is 6.07 Å². The highest BCUT2D eigenvalue weighted by Crippen LogP contribution is 2.19. The molecule has 70 valence electrons. The average molecular weight is 196 g/mol. The Morgan fingerprint density at radius 1 is 1.54 bits per heavy atom. The number of rotatable bonds is 3. The minimum absolute atomic E-state index is 0.0209. The van der Waals surface area contributed by atoms with E-state index in [2.05, 4.69) is 12.6 Å². The molecule has 0 spiro atoms. The Morgan fingerprint density at radius 2 is 2.23 bits per heavy atom. The van der Waals surface area contributed by atoms with Crippen LogP contribution in [0.1, 0.15) is 24.0 Å². The minimum atomic E-state index is -0.141. The number of carbonyl (C=O) groups is 1. The molecule has 0 aliphatic rings. The van der Waals surface area contributed by atoms with Crippen molar-refractivity contribution in [3.63, 3.8) is 0 Å². The maximum atomic E-state index is 10.5. The van der Waals surface area contributed by atoms with Crippen molar-refractivity contribution in [2.24, 2.45) is 0 Å². The van der Waals surface area contributed by atoms with Gasteiger partial charge in [-0.3, -0.25) is 0 Å². The number of aliphatic hydroxyl groups is 1. The lowest BCUT2D eigenvalue weighted by Gasteiger charge is -2.07. The highest BCUT2D eigenvalue weighted by Gasteiger charge is 2.05. The lowest BCUT2D eigenvalue weighted by atomic mass is 10.0. The van der Waals surface area contributed by atoms with Crippen LogP contribution in [0.15, 0.2) is 23.1 Å². The van der Waals surface area contributed by atoms with Crippen LogP contribution in [0.4, 0.5) is 0 Å². The highest BCUT2D eigenvalue weighted by molar-refractivity contribution is 7.80. The third kappa shape index (κ3) is 2.57. The van der Waals surface area contributed by atoms with Crippen LogP contribution in [0.2, 0.25) is 0 Å². The molecule has 0 aliphatic heterocycles. The summed E-state index contributed by atoms with van der Waals surface area (Å²) < 4.78 is 0. The summed E-state index contributed by atoms with van der Waals surface area (Å²) in [5, 5.41) is 8.92. The molecule has 0 amide bonds. The number of carbonyl (C=O) groups excluding carboxylic acids is 1. The number of thiol groups is 1. The van der Waals surface area contributed by atoms with Crippen LogP contribution < -0.4 is 0 Å². The van der Waals surface area contributed by atoms with Crippen LogP contribution in [0, 0.1) is 0 Å². The first-order valence-electron chi connectivity index (χ1n) is 4.06. The second kappa shape index (κ2) is 4.44. The topological polar surface area (TPSA) is 37.3 Å². The number of hydrogen-bond donors (Lipinski definition) is 2. The summed E-state index contributed by atoms with van der Waals surface area (Å²) in [6.07, 6.45) is 0.879. The van der Waals surface area contributed by atoms with Gasteiger partial charge in [0, 0.05) is 10.8 Å². The molecule has 0 aromatic heterocycles. The van der Waals surface area contributed by atoms with Crippen molar-refractivity contribution in [2.45, 2.75) is 24.3 Å². The lowest BCUT2D eigenvalue weighted by Crippen LogP contribution is -1.96. The van der Waals surface area contributed by atoms with Gasteiger partial charge in [-0.05, 0) is 23.3 Å². The molecule has 0 saturated heterocycles. The van der Waals surface area contributed by atoms with E-state index in [1.807, 2.05) is 19.1 Å². The van der Waals surface area contributed by atoms with Crippen LogP contribution >= 0.6 is 12.6 Å². The first-order chi connectivity index (χ1) is 6.17. The van der Waals surface area contributed by atoms with E-state index in [1.165, 1.54) is 0 Å². The molecule has 1 atom stereocenters. The molecule has 3 heteroatoms. The number of hydrogen-bond acceptors (Lipinski definition) is 3. The summed E-state index contributed by atoms with van der Waals surface area (Å²) in [6, 6.07) is 5.43. The summed E-state index contributed by atoms with van der Waals surface area (Å²) in [7, 11) is 0. The van der Waals surface area contributed by atoms with Crippen molar-refractivity contribution >= 4 is 18.9 Å². The smallest absolute Gasteiger partial charge is 0.127 e. The van der Waals surface area contributed by atoms with E-state index >= 15 is 0 Å². The highest BCUT2D eigenvalue weighted by atomic mass is 32.1. The summed E-state index contributed by atoms with van der Waals surface area (Å²) in [6.45, 7) is 1.80. The maximum Gasteiger partial charge on any atom is 0.127 e. The summed E-state index contributed by atoms with van der Waals surface area (Å²) >= 11 is 4.18. The van der Waals surface area contributed by atoms with Gasteiger partial charge in [0.15, 0.2) is 0 Å². The molecule has 0 fully saturated rings. The molecule has 1 rings (SSSR count). The molecule has 0 aliphatic carbocycles. The van der Waals surface area contributed by atoms with Crippen molar-refractivity contribution in [1.82, 2.24) is 0 Å². The molecular formula is C10H12O2S. The third-order valence-electron chi connectivity index (χ3n) is 1.91. The average Bonchev–Trinajstić information content (AvgIpc) is 2.15. The first kappa shape index (κ1) is 10.3. The zero-order valence-corrected chi connectivity index (χ0v) is 8.29. The van der Waals surface area contributed by atoms with Crippen molar-refractivity contribution in [2.75, 3.05) is 0 Å². The molecule has 0 heterocycles. The fourth-order valence-corrected chi connectivity index (χ4v) is 1.45. The van der Waals surface area contributed by atoms with Gasteiger partial charge >= 0.3 is 0 Å². The van der Waals surface area contributed by atoms with Gasteiger partial charge in [0.25, 0.3) is 0 Å². The summed E-state index contributed by atoms with van der Waals surface area (Å²) in [4.78, 5) is 11.3. The van der Waals surface area contributed by atoms with Gasteiger partial charge in [0.05, 0.1) is 6.61 Å². The van der Waals surface area contributed by atoms with Gasteiger partial charge in [-0.25, -0.2) is 0 Å². The first-order valence-corrected chi connectivity index (χ1v) is 4.51. The van der Waals surface area contributed by atoms with E-state index in [0.29, 0.717) is 0 Å². The molecule has 2 nitrogen and oxygen atoms in total. The molecule has 1 unspecified atom stereocenters. The van der Waals surface area contributed by atoms with E-state index in [0.717, 1.165) is 22.3 Å². The van der Waals surface area contributed by atoms with Gasteiger partial charge in [-0.1, -0.05) is 13.0 Å². The van der Waals surface area contributed by atoms with E-state index < -0.39 is 0 Å². The Labute approximate surface area is 83.0 Å². The summed E-state index contributed by atoms with van der Waals surface area (Å²) in [5.41, 5.74) is 1.68. The Hall–Kier alpha value is -0.800. The number of benzene rings is 1. The normalized spacial score (nSPS) is 12.5. The monoisotopic (exact) mass is 196 g/mol. The minimum Gasteiger partial charge on any atom is -0.392 e. The van der Waals surface area contributed by atoms with Gasteiger partial charge < -0.3 is 9.90 Å². The van der Waals surface area contributed by atoms with Crippen LogP contribution in [0.3, 0.4) is 0 Å². The molecule has 1 aromatic carbocycles. The predicted molar refractivity (Wildman–Crippen MR) is 54.1 cm³/mol.